The fraction of sp³-hybridized carbons (Fsp3) is 0.259. The molecular formula is C27H26O10. The van der Waals surface area contributed by atoms with E-state index in [2.05, 4.69) is 0 Å². The molecule has 3 aromatic carbocycles. The second-order valence-electron chi connectivity index (χ2n) is 8.29. The van der Waals surface area contributed by atoms with Crippen molar-refractivity contribution in [3.63, 3.8) is 0 Å². The number of phenolic OH excluding ortho intramolecular Hbond substituents is 1. The summed E-state index contributed by atoms with van der Waals surface area (Å²) < 4.78 is 22.3. The predicted molar refractivity (Wildman–Crippen MR) is 128 cm³/mol. The molecule has 0 amide bonds. The van der Waals surface area contributed by atoms with Crippen molar-refractivity contribution >= 4 is 11.9 Å². The van der Waals surface area contributed by atoms with Gasteiger partial charge in [-0.25, -0.2) is 9.59 Å². The van der Waals surface area contributed by atoms with Crippen LogP contribution in [-0.4, -0.2) is 69.7 Å². The molecule has 1 aliphatic heterocycles. The molecule has 0 radical (unpaired) electrons. The van der Waals surface area contributed by atoms with Crippen LogP contribution in [0.5, 0.6) is 11.5 Å². The summed E-state index contributed by atoms with van der Waals surface area (Å²) in [6.45, 7) is -0.929. The number of hydrogen-bond donors (Lipinski definition) is 4. The highest BCUT2D eigenvalue weighted by molar-refractivity contribution is 5.89. The van der Waals surface area contributed by atoms with Crippen molar-refractivity contribution in [3.8, 4) is 11.5 Å². The first-order chi connectivity index (χ1) is 17.9. The second-order valence-corrected chi connectivity index (χ2v) is 8.29. The van der Waals surface area contributed by atoms with E-state index in [-0.39, 0.29) is 29.2 Å². The van der Waals surface area contributed by atoms with Gasteiger partial charge in [0.1, 0.15) is 36.4 Å². The third kappa shape index (κ3) is 6.25. The molecule has 194 valence electrons. The van der Waals surface area contributed by atoms with Crippen LogP contribution < -0.4 is 4.74 Å². The van der Waals surface area contributed by atoms with Crippen molar-refractivity contribution in [2.75, 3.05) is 6.61 Å². The first-order valence-electron chi connectivity index (χ1n) is 11.5. The molecule has 1 saturated heterocycles. The molecule has 4 rings (SSSR count). The molecule has 10 heteroatoms. The second kappa shape index (κ2) is 11.8. The number of rotatable bonds is 8. The van der Waals surface area contributed by atoms with Gasteiger partial charge in [0.25, 0.3) is 0 Å². The quantitative estimate of drug-likeness (QED) is 0.330. The lowest BCUT2D eigenvalue weighted by atomic mass is 9.99. The van der Waals surface area contributed by atoms with Gasteiger partial charge in [0.15, 0.2) is 6.10 Å². The molecule has 1 heterocycles. The van der Waals surface area contributed by atoms with E-state index in [0.717, 1.165) is 0 Å². The molecule has 0 bridgehead atoms. The van der Waals surface area contributed by atoms with Crippen LogP contribution in [0.4, 0.5) is 0 Å². The van der Waals surface area contributed by atoms with Gasteiger partial charge >= 0.3 is 11.9 Å². The number of ether oxygens (including phenoxy) is 4. The highest BCUT2D eigenvalue weighted by Gasteiger charge is 2.48. The minimum atomic E-state index is -1.65. The Kier molecular flexibility index (Phi) is 8.36. The molecule has 10 nitrogen and oxygen atoms in total. The number of aliphatic hydroxyl groups excluding tert-OH is 3. The van der Waals surface area contributed by atoms with Gasteiger partial charge in [0.2, 0.25) is 6.29 Å². The van der Waals surface area contributed by atoms with E-state index in [0.29, 0.717) is 5.56 Å². The first kappa shape index (κ1) is 26.1. The highest BCUT2D eigenvalue weighted by Crippen LogP contribution is 2.31. The Hall–Kier alpha value is -3.96. The Bertz CT molecular complexity index is 1200. The summed E-state index contributed by atoms with van der Waals surface area (Å²) in [5.74, 6) is -1.43. The average Bonchev–Trinajstić information content (AvgIpc) is 2.93. The van der Waals surface area contributed by atoms with Gasteiger partial charge < -0.3 is 39.4 Å². The van der Waals surface area contributed by atoms with Crippen LogP contribution in [0.3, 0.4) is 0 Å². The van der Waals surface area contributed by atoms with E-state index < -0.39 is 49.3 Å². The minimum Gasteiger partial charge on any atom is -0.508 e. The molecule has 0 spiro atoms. The molecule has 5 atom stereocenters. The van der Waals surface area contributed by atoms with E-state index >= 15 is 0 Å². The summed E-state index contributed by atoms with van der Waals surface area (Å²) in [4.78, 5) is 25.0. The summed E-state index contributed by atoms with van der Waals surface area (Å²) in [7, 11) is 0. The third-order valence-electron chi connectivity index (χ3n) is 5.73. The van der Waals surface area contributed by atoms with Crippen LogP contribution in [0.15, 0.2) is 78.9 Å². The van der Waals surface area contributed by atoms with Crippen molar-refractivity contribution in [2.24, 2.45) is 0 Å². The monoisotopic (exact) mass is 510 g/mol. The van der Waals surface area contributed by atoms with Gasteiger partial charge in [-0.3, -0.25) is 0 Å². The molecule has 0 aromatic heterocycles. The highest BCUT2D eigenvalue weighted by atomic mass is 16.7. The fourth-order valence-corrected chi connectivity index (χ4v) is 3.76. The van der Waals surface area contributed by atoms with E-state index in [1.165, 1.54) is 30.3 Å². The molecule has 4 N–H and O–H groups in total. The zero-order valence-corrected chi connectivity index (χ0v) is 19.5. The molecule has 3 aromatic rings. The van der Waals surface area contributed by atoms with Gasteiger partial charge in [-0.15, -0.1) is 0 Å². The Balaban J connectivity index is 1.55. The third-order valence-corrected chi connectivity index (χ3v) is 5.73. The Labute approximate surface area is 212 Å². The van der Waals surface area contributed by atoms with Crippen molar-refractivity contribution in [2.45, 2.75) is 37.3 Å². The molecule has 0 saturated carbocycles. The number of carbonyl (C=O) groups excluding carboxylic acids is 2. The van der Waals surface area contributed by atoms with Gasteiger partial charge in [-0.05, 0) is 42.5 Å². The average molecular weight is 510 g/mol. The zero-order chi connectivity index (χ0) is 26.4. The Morgan fingerprint density at radius 2 is 1.46 bits per heavy atom. The minimum absolute atomic E-state index is 0.0877. The lowest BCUT2D eigenvalue weighted by molar-refractivity contribution is -0.276. The smallest absolute Gasteiger partial charge is 0.338 e. The summed E-state index contributed by atoms with van der Waals surface area (Å²) in [6.07, 6.45) is -7.40. The van der Waals surface area contributed by atoms with Crippen molar-refractivity contribution in [1.82, 2.24) is 0 Å². The number of esters is 2. The zero-order valence-electron chi connectivity index (χ0n) is 19.5. The number of aromatic hydroxyl groups is 1. The van der Waals surface area contributed by atoms with Gasteiger partial charge in [-0.2, -0.15) is 0 Å². The lowest BCUT2D eigenvalue weighted by Crippen LogP contribution is -2.61. The number of carbonyl (C=O) groups is 2. The normalized spacial score (nSPS) is 23.2. The maximum Gasteiger partial charge on any atom is 0.338 e. The predicted octanol–water partition coefficient (Wildman–Crippen LogP) is 1.79. The first-order valence-corrected chi connectivity index (χ1v) is 11.5. The summed E-state index contributed by atoms with van der Waals surface area (Å²) in [6, 6.07) is 20.3. The molecule has 5 unspecified atom stereocenters. The van der Waals surface area contributed by atoms with Gasteiger partial charge in [-0.1, -0.05) is 36.4 Å². The van der Waals surface area contributed by atoms with E-state index in [1.54, 1.807) is 48.5 Å². The van der Waals surface area contributed by atoms with Crippen LogP contribution >= 0.6 is 0 Å². The Morgan fingerprint density at radius 3 is 2.08 bits per heavy atom. The van der Waals surface area contributed by atoms with E-state index in [9.17, 15) is 30.0 Å². The summed E-state index contributed by atoms with van der Waals surface area (Å²) >= 11 is 0. The number of benzene rings is 3. The van der Waals surface area contributed by atoms with E-state index in [1.807, 2.05) is 0 Å². The maximum absolute atomic E-state index is 12.7. The standard InChI is InChI=1S/C27H26O10/c28-14-21-22(30)23(31)24(37-26(33)17-9-5-2-6-10-17)27(36-21)35-20-12-11-19(29)13-18(20)15-34-25(32)16-7-3-1-4-8-16/h1-13,21-24,27-31H,14-15H2. The van der Waals surface area contributed by atoms with Crippen LogP contribution in [-0.2, 0) is 20.8 Å². The largest absolute Gasteiger partial charge is 0.508 e. The Morgan fingerprint density at radius 1 is 0.838 bits per heavy atom. The number of aliphatic hydroxyl groups is 3. The van der Waals surface area contributed by atoms with Crippen LogP contribution in [0, 0.1) is 0 Å². The number of hydrogen-bond acceptors (Lipinski definition) is 10. The lowest BCUT2D eigenvalue weighted by Gasteiger charge is -2.41. The van der Waals surface area contributed by atoms with Crippen molar-refractivity contribution < 1.29 is 49.0 Å². The summed E-state index contributed by atoms with van der Waals surface area (Å²) in [5, 5.41) is 40.6. The molecule has 1 aliphatic rings. The maximum atomic E-state index is 12.7. The van der Waals surface area contributed by atoms with Crippen LogP contribution in [0.1, 0.15) is 26.3 Å². The van der Waals surface area contributed by atoms with Crippen LogP contribution in [0.25, 0.3) is 0 Å². The number of phenols is 1. The SMILES string of the molecule is O=C(OCc1cc(O)ccc1OC1OC(CO)C(O)C(O)C1OC(=O)c1ccccc1)c1ccccc1. The van der Waals surface area contributed by atoms with E-state index in [4.69, 9.17) is 18.9 Å². The molecule has 37 heavy (non-hydrogen) atoms. The summed E-state index contributed by atoms with van der Waals surface area (Å²) in [5.41, 5.74) is 0.782. The fourth-order valence-electron chi connectivity index (χ4n) is 3.76. The topological polar surface area (TPSA) is 152 Å². The van der Waals surface area contributed by atoms with Crippen LogP contribution in [0.2, 0.25) is 0 Å². The molecular weight excluding hydrogens is 484 g/mol. The molecule has 1 fully saturated rings. The van der Waals surface area contributed by atoms with Gasteiger partial charge in [0, 0.05) is 5.56 Å². The van der Waals surface area contributed by atoms with Crippen molar-refractivity contribution in [1.29, 1.82) is 0 Å². The molecule has 0 aliphatic carbocycles. The van der Waals surface area contributed by atoms with Gasteiger partial charge in [0.05, 0.1) is 17.7 Å². The van der Waals surface area contributed by atoms with Crippen molar-refractivity contribution in [3.05, 3.63) is 95.6 Å².